The second-order valence-corrected chi connectivity index (χ2v) is 5.55. The van der Waals surface area contributed by atoms with Gasteiger partial charge in [-0.1, -0.05) is 0 Å². The molecule has 0 saturated heterocycles. The lowest BCUT2D eigenvalue weighted by Crippen LogP contribution is -2.37. The van der Waals surface area contributed by atoms with Gasteiger partial charge in [-0.15, -0.1) is 0 Å². The molecule has 25 heavy (non-hydrogen) atoms. The molecule has 1 unspecified atom stereocenters. The van der Waals surface area contributed by atoms with Crippen molar-refractivity contribution in [3.8, 4) is 5.75 Å². The number of ether oxygens (including phenoxy) is 1. The highest BCUT2D eigenvalue weighted by atomic mass is 19.1. The van der Waals surface area contributed by atoms with Crippen molar-refractivity contribution in [3.05, 3.63) is 53.0 Å². The first-order valence-corrected chi connectivity index (χ1v) is 7.45. The zero-order valence-corrected chi connectivity index (χ0v) is 13.6. The van der Waals surface area contributed by atoms with Gasteiger partial charge < -0.3 is 19.6 Å². The van der Waals surface area contributed by atoms with Crippen LogP contribution in [0.2, 0.25) is 0 Å². The van der Waals surface area contributed by atoms with E-state index in [1.165, 1.54) is 6.26 Å². The summed E-state index contributed by atoms with van der Waals surface area (Å²) < 4.78 is 36.7. The lowest BCUT2D eigenvalue weighted by molar-refractivity contribution is -0.136. The number of rotatable bonds is 7. The first kappa shape index (κ1) is 18.4. The molecule has 2 aromatic rings. The van der Waals surface area contributed by atoms with Crippen molar-refractivity contribution in [2.24, 2.45) is 0 Å². The van der Waals surface area contributed by atoms with E-state index in [4.69, 9.17) is 14.3 Å². The maximum Gasteiger partial charge on any atom is 0.311 e. The number of carbonyl (C=O) groups excluding carboxylic acids is 1. The molecule has 0 aliphatic carbocycles. The van der Waals surface area contributed by atoms with Crippen molar-refractivity contribution >= 4 is 11.9 Å². The molecule has 0 spiro atoms. The average molecular weight is 353 g/mol. The Morgan fingerprint density at radius 2 is 2.08 bits per heavy atom. The van der Waals surface area contributed by atoms with Gasteiger partial charge in [0.2, 0.25) is 0 Å². The highest BCUT2D eigenvalue weighted by molar-refractivity contribution is 5.97. The Balaban J connectivity index is 1.98. The second-order valence-electron chi connectivity index (χ2n) is 5.55. The van der Waals surface area contributed by atoms with Crippen molar-refractivity contribution in [2.75, 3.05) is 6.61 Å². The fourth-order valence-corrected chi connectivity index (χ4v) is 2.22. The fraction of sp³-hybridized carbons (Fsp3) is 0.294. The van der Waals surface area contributed by atoms with Crippen LogP contribution in [0, 0.1) is 18.6 Å². The third-order valence-electron chi connectivity index (χ3n) is 3.35. The van der Waals surface area contributed by atoms with Gasteiger partial charge in [-0.2, -0.15) is 0 Å². The molecule has 6 nitrogen and oxygen atoms in total. The number of nitrogens with one attached hydrogen (secondary N) is 1. The summed E-state index contributed by atoms with van der Waals surface area (Å²) in [7, 11) is 0. The van der Waals surface area contributed by atoms with Crippen LogP contribution in [0.5, 0.6) is 5.75 Å². The molecule has 1 aromatic carbocycles. The number of benzene rings is 1. The largest absolute Gasteiger partial charge is 0.488 e. The standard InChI is InChI=1S/C17H17F2NO5/c1-9-7-24-14(6-15(21)22)16(9)17(23)20-10(2)8-25-13-4-3-11(18)5-12(13)19/h3-5,7,10H,6,8H2,1-2H3,(H,20,23)(H,21,22). The molecule has 0 aliphatic rings. The summed E-state index contributed by atoms with van der Waals surface area (Å²) in [4.78, 5) is 23.1. The second kappa shape index (κ2) is 7.78. The number of carboxylic acid groups (broad SMARTS) is 1. The maximum atomic E-state index is 13.5. The summed E-state index contributed by atoms with van der Waals surface area (Å²) in [5.74, 6) is -3.26. The third-order valence-corrected chi connectivity index (χ3v) is 3.35. The monoisotopic (exact) mass is 353 g/mol. The van der Waals surface area contributed by atoms with Crippen LogP contribution in [-0.2, 0) is 11.2 Å². The van der Waals surface area contributed by atoms with E-state index in [-0.39, 0.29) is 23.7 Å². The van der Waals surface area contributed by atoms with Crippen molar-refractivity contribution in [2.45, 2.75) is 26.3 Å². The molecule has 0 fully saturated rings. The van der Waals surface area contributed by atoms with E-state index in [0.29, 0.717) is 11.6 Å². The molecular formula is C17H17F2NO5. The number of carboxylic acids is 1. The van der Waals surface area contributed by atoms with Gasteiger partial charge in [-0.3, -0.25) is 9.59 Å². The molecule has 1 atom stereocenters. The average Bonchev–Trinajstić information content (AvgIpc) is 2.86. The van der Waals surface area contributed by atoms with Crippen LogP contribution >= 0.6 is 0 Å². The van der Waals surface area contributed by atoms with E-state index in [9.17, 15) is 18.4 Å². The van der Waals surface area contributed by atoms with Gasteiger partial charge in [-0.05, 0) is 26.0 Å². The molecule has 1 heterocycles. The van der Waals surface area contributed by atoms with E-state index in [2.05, 4.69) is 5.32 Å². The molecular weight excluding hydrogens is 336 g/mol. The van der Waals surface area contributed by atoms with E-state index < -0.39 is 36.0 Å². The summed E-state index contributed by atoms with van der Waals surface area (Å²) in [6, 6.07) is 2.41. The Kier molecular flexibility index (Phi) is 5.74. The highest BCUT2D eigenvalue weighted by Crippen LogP contribution is 2.19. The van der Waals surface area contributed by atoms with Gasteiger partial charge in [0.25, 0.3) is 5.91 Å². The Morgan fingerprint density at radius 1 is 1.36 bits per heavy atom. The summed E-state index contributed by atoms with van der Waals surface area (Å²) in [6.45, 7) is 3.20. The zero-order chi connectivity index (χ0) is 18.6. The molecule has 2 rings (SSSR count). The van der Waals surface area contributed by atoms with Crippen molar-refractivity contribution in [1.82, 2.24) is 5.32 Å². The lowest BCUT2D eigenvalue weighted by atomic mass is 10.1. The quantitative estimate of drug-likeness (QED) is 0.799. The first-order chi connectivity index (χ1) is 11.8. The summed E-state index contributed by atoms with van der Waals surface area (Å²) in [5.41, 5.74) is 0.661. The molecule has 2 N–H and O–H groups in total. The van der Waals surface area contributed by atoms with Gasteiger partial charge in [0, 0.05) is 11.6 Å². The molecule has 0 bridgehead atoms. The molecule has 8 heteroatoms. The van der Waals surface area contributed by atoms with Gasteiger partial charge >= 0.3 is 5.97 Å². The van der Waals surface area contributed by atoms with Crippen molar-refractivity contribution in [1.29, 1.82) is 0 Å². The summed E-state index contributed by atoms with van der Waals surface area (Å²) >= 11 is 0. The number of hydrogen-bond acceptors (Lipinski definition) is 4. The number of aliphatic carboxylic acids is 1. The number of furan rings is 1. The number of halogens is 2. The fourth-order valence-electron chi connectivity index (χ4n) is 2.22. The van der Waals surface area contributed by atoms with Gasteiger partial charge in [0.1, 0.15) is 24.6 Å². The smallest absolute Gasteiger partial charge is 0.311 e. The predicted octanol–water partition coefficient (Wildman–Crippen LogP) is 2.69. The zero-order valence-electron chi connectivity index (χ0n) is 13.6. The Hall–Kier alpha value is -2.90. The van der Waals surface area contributed by atoms with Crippen LogP contribution < -0.4 is 10.1 Å². The normalized spacial score (nSPS) is 11.8. The van der Waals surface area contributed by atoms with Crippen molar-refractivity contribution in [3.63, 3.8) is 0 Å². The van der Waals surface area contributed by atoms with E-state index in [1.54, 1.807) is 13.8 Å². The van der Waals surface area contributed by atoms with Gasteiger partial charge in [0.05, 0.1) is 17.9 Å². The number of amides is 1. The van der Waals surface area contributed by atoms with Crippen LogP contribution in [0.25, 0.3) is 0 Å². The summed E-state index contributed by atoms with van der Waals surface area (Å²) in [5, 5.41) is 11.5. The first-order valence-electron chi connectivity index (χ1n) is 7.45. The maximum absolute atomic E-state index is 13.5. The molecule has 0 aliphatic heterocycles. The minimum Gasteiger partial charge on any atom is -0.488 e. The lowest BCUT2D eigenvalue weighted by Gasteiger charge is -2.15. The molecule has 0 radical (unpaired) electrons. The number of carbonyl (C=O) groups is 2. The Bertz CT molecular complexity index is 787. The molecule has 0 saturated carbocycles. The molecule has 1 amide bonds. The van der Waals surface area contributed by atoms with Gasteiger partial charge in [0.15, 0.2) is 11.6 Å². The minimum absolute atomic E-state index is 0.0557. The minimum atomic E-state index is -1.12. The molecule has 134 valence electrons. The number of aryl methyl sites for hydroxylation is 1. The third kappa shape index (κ3) is 4.79. The van der Waals surface area contributed by atoms with Crippen LogP contribution in [0.3, 0.4) is 0 Å². The topological polar surface area (TPSA) is 88.8 Å². The van der Waals surface area contributed by atoms with Crippen LogP contribution in [0.1, 0.15) is 28.6 Å². The van der Waals surface area contributed by atoms with E-state index >= 15 is 0 Å². The number of hydrogen-bond donors (Lipinski definition) is 2. The Morgan fingerprint density at radius 3 is 2.72 bits per heavy atom. The van der Waals surface area contributed by atoms with Crippen LogP contribution in [0.15, 0.2) is 28.9 Å². The van der Waals surface area contributed by atoms with Gasteiger partial charge in [-0.25, -0.2) is 8.78 Å². The van der Waals surface area contributed by atoms with E-state index in [0.717, 1.165) is 12.1 Å². The van der Waals surface area contributed by atoms with Crippen LogP contribution in [-0.4, -0.2) is 29.6 Å². The Labute approximate surface area is 142 Å². The predicted molar refractivity (Wildman–Crippen MR) is 83.6 cm³/mol. The van der Waals surface area contributed by atoms with Crippen LogP contribution in [0.4, 0.5) is 8.78 Å². The van der Waals surface area contributed by atoms with Crippen molar-refractivity contribution < 1.29 is 32.6 Å². The molecule has 1 aromatic heterocycles. The summed E-state index contributed by atoms with van der Waals surface area (Å²) in [6.07, 6.45) is 0.893. The van der Waals surface area contributed by atoms with E-state index in [1.807, 2.05) is 0 Å². The highest BCUT2D eigenvalue weighted by Gasteiger charge is 2.22. The SMILES string of the molecule is Cc1coc(CC(=O)O)c1C(=O)NC(C)COc1ccc(F)cc1F.